The Morgan fingerprint density at radius 2 is 1.68 bits per heavy atom. The van der Waals surface area contributed by atoms with E-state index in [0.717, 1.165) is 23.5 Å². The van der Waals surface area contributed by atoms with Crippen molar-refractivity contribution in [2.75, 3.05) is 5.32 Å². The number of anilines is 1. The highest BCUT2D eigenvalue weighted by molar-refractivity contribution is 7.91. The number of benzene rings is 3. The molecule has 4 aromatic rings. The van der Waals surface area contributed by atoms with Gasteiger partial charge in [0.15, 0.2) is 22.5 Å². The first-order chi connectivity index (χ1) is 16.2. The maximum absolute atomic E-state index is 13.6. The van der Waals surface area contributed by atoms with Gasteiger partial charge in [-0.25, -0.2) is 22.2 Å². The van der Waals surface area contributed by atoms with Crippen molar-refractivity contribution in [3.8, 4) is 11.3 Å². The number of hydrogen-bond donors (Lipinski definition) is 1. The molecule has 1 amide bonds. The van der Waals surface area contributed by atoms with Gasteiger partial charge in [-0.3, -0.25) is 14.9 Å². The lowest BCUT2D eigenvalue weighted by atomic mass is 10.0. The minimum atomic E-state index is -3.99. The summed E-state index contributed by atoms with van der Waals surface area (Å²) < 4.78 is 53.0. The summed E-state index contributed by atoms with van der Waals surface area (Å²) in [4.78, 5) is 30.3. The molecule has 10 heteroatoms. The van der Waals surface area contributed by atoms with Crippen LogP contribution in [0.1, 0.15) is 31.2 Å². The number of ketones is 1. The number of hydrogen-bond acceptors (Lipinski definition) is 6. The van der Waals surface area contributed by atoms with Crippen molar-refractivity contribution in [2.45, 2.75) is 16.7 Å². The molecule has 34 heavy (non-hydrogen) atoms. The van der Waals surface area contributed by atoms with E-state index in [2.05, 4.69) is 10.3 Å². The number of amides is 1. The number of nitrogens with zero attached hydrogens (tertiary/aromatic N) is 1. The Bertz CT molecular complexity index is 1630. The van der Waals surface area contributed by atoms with Crippen molar-refractivity contribution in [1.29, 1.82) is 0 Å². The summed E-state index contributed by atoms with van der Waals surface area (Å²) in [5, 5.41) is 2.80. The first-order valence-corrected chi connectivity index (χ1v) is 12.2. The molecule has 1 aliphatic rings. The SMILES string of the molecule is Cc1sc(NC(=O)c2ccc3c(c2)S(=O)(=O)c2ccccc2C3=O)nc1-c1ccc(F)c(F)c1. The van der Waals surface area contributed by atoms with Crippen molar-refractivity contribution in [2.24, 2.45) is 0 Å². The van der Waals surface area contributed by atoms with Crippen LogP contribution in [0.15, 0.2) is 70.5 Å². The van der Waals surface area contributed by atoms with Gasteiger partial charge in [0.25, 0.3) is 5.91 Å². The van der Waals surface area contributed by atoms with Gasteiger partial charge in [-0.05, 0) is 55.5 Å². The van der Waals surface area contributed by atoms with Gasteiger partial charge in [0.05, 0.1) is 15.5 Å². The number of sulfone groups is 1. The normalized spacial score (nSPS) is 13.8. The molecule has 170 valence electrons. The summed E-state index contributed by atoms with van der Waals surface area (Å²) in [6.45, 7) is 1.72. The third-order valence-corrected chi connectivity index (χ3v) is 8.15. The molecular formula is C24H14F2N2O4S2. The molecule has 0 atom stereocenters. The summed E-state index contributed by atoms with van der Waals surface area (Å²) in [5.41, 5.74) is 0.854. The van der Waals surface area contributed by atoms with Gasteiger partial charge in [0.1, 0.15) is 0 Å². The van der Waals surface area contributed by atoms with Crippen molar-refractivity contribution in [3.63, 3.8) is 0 Å². The molecular weight excluding hydrogens is 482 g/mol. The highest BCUT2D eigenvalue weighted by atomic mass is 32.2. The van der Waals surface area contributed by atoms with Crippen LogP contribution in [0, 0.1) is 18.6 Å². The highest BCUT2D eigenvalue weighted by Gasteiger charge is 2.35. The third kappa shape index (κ3) is 3.51. The first kappa shape index (κ1) is 22.1. The van der Waals surface area contributed by atoms with E-state index in [1.54, 1.807) is 13.0 Å². The topological polar surface area (TPSA) is 93.2 Å². The molecule has 6 nitrogen and oxygen atoms in total. The van der Waals surface area contributed by atoms with E-state index in [1.807, 2.05) is 0 Å². The molecule has 0 aliphatic carbocycles. The number of rotatable bonds is 3. The van der Waals surface area contributed by atoms with Crippen LogP contribution in [-0.4, -0.2) is 25.1 Å². The van der Waals surface area contributed by atoms with Crippen molar-refractivity contribution < 1.29 is 26.8 Å². The van der Waals surface area contributed by atoms with Crippen LogP contribution in [-0.2, 0) is 9.84 Å². The van der Waals surface area contributed by atoms with Crippen molar-refractivity contribution >= 4 is 38.0 Å². The number of carbonyl (C=O) groups excluding carboxylic acids is 2. The molecule has 0 spiro atoms. The summed E-state index contributed by atoms with van der Waals surface area (Å²) in [6, 6.07) is 13.2. The Morgan fingerprint density at radius 1 is 0.941 bits per heavy atom. The smallest absolute Gasteiger partial charge is 0.257 e. The first-order valence-electron chi connectivity index (χ1n) is 9.94. The van der Waals surface area contributed by atoms with Crippen molar-refractivity contribution in [1.82, 2.24) is 4.98 Å². The van der Waals surface area contributed by atoms with E-state index in [9.17, 15) is 26.8 Å². The lowest BCUT2D eigenvalue weighted by molar-refractivity contribution is 0.101. The highest BCUT2D eigenvalue weighted by Crippen LogP contribution is 2.35. The number of carbonyl (C=O) groups is 2. The molecule has 1 aromatic heterocycles. The second kappa shape index (κ2) is 7.93. The maximum Gasteiger partial charge on any atom is 0.257 e. The Hall–Kier alpha value is -3.76. The van der Waals surface area contributed by atoms with E-state index in [-0.39, 0.29) is 31.6 Å². The second-order valence-corrected chi connectivity index (χ2v) is 10.6. The molecule has 0 saturated heterocycles. The molecule has 0 radical (unpaired) electrons. The maximum atomic E-state index is 13.6. The zero-order valence-electron chi connectivity index (χ0n) is 17.4. The van der Waals surface area contributed by atoms with Crippen molar-refractivity contribution in [3.05, 3.63) is 93.9 Å². The summed E-state index contributed by atoms with van der Waals surface area (Å²) in [7, 11) is -3.99. The average molecular weight is 497 g/mol. The van der Waals surface area contributed by atoms with Gasteiger partial charge >= 0.3 is 0 Å². The number of halogens is 2. The lowest BCUT2D eigenvalue weighted by Crippen LogP contribution is -2.21. The molecule has 5 rings (SSSR count). The molecule has 1 aliphatic heterocycles. The molecule has 0 bridgehead atoms. The fourth-order valence-electron chi connectivity index (χ4n) is 3.76. The van der Waals surface area contributed by atoms with E-state index in [1.165, 1.54) is 42.5 Å². The Balaban J connectivity index is 1.47. The molecule has 2 heterocycles. The largest absolute Gasteiger partial charge is 0.298 e. The minimum absolute atomic E-state index is 0.000894. The monoisotopic (exact) mass is 496 g/mol. The summed E-state index contributed by atoms with van der Waals surface area (Å²) >= 11 is 1.13. The average Bonchev–Trinajstić information content (AvgIpc) is 3.19. The zero-order chi connectivity index (χ0) is 24.2. The van der Waals surface area contributed by atoms with E-state index >= 15 is 0 Å². The van der Waals surface area contributed by atoms with Crippen LogP contribution in [0.5, 0.6) is 0 Å². The lowest BCUT2D eigenvalue weighted by Gasteiger charge is -2.19. The number of thiazole rings is 1. The van der Waals surface area contributed by atoms with Gasteiger partial charge in [-0.15, -0.1) is 11.3 Å². The molecule has 0 fully saturated rings. The summed E-state index contributed by atoms with van der Waals surface area (Å²) in [6.07, 6.45) is 0. The van der Waals surface area contributed by atoms with Crippen LogP contribution in [0.3, 0.4) is 0 Å². The van der Waals surface area contributed by atoms with Gasteiger partial charge in [0, 0.05) is 27.1 Å². The van der Waals surface area contributed by atoms with E-state index in [0.29, 0.717) is 16.1 Å². The van der Waals surface area contributed by atoms with Crippen LogP contribution in [0.4, 0.5) is 13.9 Å². The zero-order valence-corrected chi connectivity index (χ0v) is 19.1. The predicted molar refractivity (Wildman–Crippen MR) is 122 cm³/mol. The fraction of sp³-hybridized carbons (Fsp3) is 0.0417. The number of aromatic nitrogens is 1. The van der Waals surface area contributed by atoms with Crippen LogP contribution >= 0.6 is 11.3 Å². The Labute approximate surface area is 196 Å². The Morgan fingerprint density at radius 3 is 2.44 bits per heavy atom. The van der Waals surface area contributed by atoms with E-state index in [4.69, 9.17) is 0 Å². The molecule has 1 N–H and O–H groups in total. The fourth-order valence-corrected chi connectivity index (χ4v) is 6.26. The standard InChI is InChI=1S/C24H14F2N2O4S2/c1-12-21(13-7-9-17(25)18(26)10-13)27-24(33-12)28-23(30)14-6-8-16-20(11-14)34(31,32)19-5-3-2-4-15(19)22(16)29/h2-11H,1H3,(H,27,28,30). The quantitative estimate of drug-likeness (QED) is 0.378. The summed E-state index contributed by atoms with van der Waals surface area (Å²) in [5.74, 6) is -3.05. The number of aryl methyl sites for hydroxylation is 1. The van der Waals surface area contributed by atoms with Crippen LogP contribution in [0.2, 0.25) is 0 Å². The number of nitrogens with one attached hydrogen (secondary N) is 1. The van der Waals surface area contributed by atoms with Gasteiger partial charge in [-0.1, -0.05) is 12.1 Å². The van der Waals surface area contributed by atoms with Gasteiger partial charge < -0.3 is 0 Å². The molecule has 0 saturated carbocycles. The van der Waals surface area contributed by atoms with Crippen LogP contribution < -0.4 is 5.32 Å². The minimum Gasteiger partial charge on any atom is -0.298 e. The predicted octanol–water partition coefficient (Wildman–Crippen LogP) is 5.03. The third-order valence-electron chi connectivity index (χ3n) is 5.41. The Kier molecular flexibility index (Phi) is 5.14. The molecule has 0 unspecified atom stereocenters. The molecule has 3 aromatic carbocycles. The van der Waals surface area contributed by atoms with E-state index < -0.39 is 33.2 Å². The van der Waals surface area contributed by atoms with Crippen LogP contribution in [0.25, 0.3) is 11.3 Å². The van der Waals surface area contributed by atoms with Gasteiger partial charge in [0.2, 0.25) is 9.84 Å². The number of fused-ring (bicyclic) bond motifs is 2. The second-order valence-electron chi connectivity index (χ2n) is 7.55. The van der Waals surface area contributed by atoms with Gasteiger partial charge in [-0.2, -0.15) is 0 Å².